The molecule has 1 aromatic rings. The van der Waals surface area contributed by atoms with Crippen LogP contribution in [0.2, 0.25) is 5.02 Å². The average Bonchev–Trinajstić information content (AvgIpc) is 2.49. The maximum atomic E-state index is 12.2. The second kappa shape index (κ2) is 7.24. The highest BCUT2D eigenvalue weighted by Gasteiger charge is 2.29. The lowest BCUT2D eigenvalue weighted by molar-refractivity contribution is -0.123. The van der Waals surface area contributed by atoms with Crippen molar-refractivity contribution in [2.24, 2.45) is 5.92 Å². The highest BCUT2D eigenvalue weighted by atomic mass is 35.5. The van der Waals surface area contributed by atoms with Crippen LogP contribution in [0.25, 0.3) is 0 Å². The largest absolute Gasteiger partial charge is 0.352 e. The lowest BCUT2D eigenvalue weighted by Crippen LogP contribution is -2.42. The fraction of sp³-hybridized carbons (Fsp3) is 0.438. The number of nitriles is 1. The minimum atomic E-state index is -1.30. The van der Waals surface area contributed by atoms with E-state index in [0.29, 0.717) is 10.6 Å². The van der Waals surface area contributed by atoms with Crippen LogP contribution in [0, 0.1) is 17.2 Å². The highest BCUT2D eigenvalue weighted by Crippen LogP contribution is 2.19. The molecule has 0 radical (unpaired) electrons. The zero-order valence-electron chi connectivity index (χ0n) is 11.6. The number of hydrogen-bond acceptors (Lipinski definition) is 3. The molecule has 0 bridgehead atoms. The van der Waals surface area contributed by atoms with E-state index in [0.717, 1.165) is 25.7 Å². The SMILES string of the molecule is N#CC(C(=O)NC1CCCCC1)C(=O)c1ccc(Cl)cc1. The summed E-state index contributed by atoms with van der Waals surface area (Å²) in [6.07, 6.45) is 5.16. The van der Waals surface area contributed by atoms with Crippen molar-refractivity contribution in [1.29, 1.82) is 5.26 Å². The maximum Gasteiger partial charge on any atom is 0.245 e. The molecular formula is C16H17ClN2O2. The topological polar surface area (TPSA) is 70.0 Å². The van der Waals surface area contributed by atoms with Gasteiger partial charge in [-0.2, -0.15) is 5.26 Å². The van der Waals surface area contributed by atoms with E-state index in [1.807, 2.05) is 6.07 Å². The van der Waals surface area contributed by atoms with Crippen molar-refractivity contribution >= 4 is 23.3 Å². The summed E-state index contributed by atoms with van der Waals surface area (Å²) in [4.78, 5) is 24.4. The van der Waals surface area contributed by atoms with E-state index >= 15 is 0 Å². The Labute approximate surface area is 129 Å². The molecule has 0 aromatic heterocycles. The molecule has 1 N–H and O–H groups in total. The van der Waals surface area contributed by atoms with E-state index in [1.54, 1.807) is 12.1 Å². The molecule has 110 valence electrons. The summed E-state index contributed by atoms with van der Waals surface area (Å²) in [5.41, 5.74) is 0.324. The molecule has 0 aliphatic heterocycles. The molecule has 1 aliphatic rings. The Hall–Kier alpha value is -1.86. The van der Waals surface area contributed by atoms with Crippen LogP contribution < -0.4 is 5.32 Å². The molecule has 0 saturated heterocycles. The third-order valence-electron chi connectivity index (χ3n) is 3.73. The van der Waals surface area contributed by atoms with Crippen LogP contribution in [0.5, 0.6) is 0 Å². The van der Waals surface area contributed by atoms with Gasteiger partial charge >= 0.3 is 0 Å². The molecule has 0 spiro atoms. The van der Waals surface area contributed by atoms with Crippen LogP contribution in [0.3, 0.4) is 0 Å². The Morgan fingerprint density at radius 2 is 1.81 bits per heavy atom. The van der Waals surface area contributed by atoms with Gasteiger partial charge in [0.25, 0.3) is 0 Å². The molecule has 0 heterocycles. The molecule has 1 unspecified atom stereocenters. The van der Waals surface area contributed by atoms with Crippen molar-refractivity contribution in [3.63, 3.8) is 0 Å². The lowest BCUT2D eigenvalue weighted by Gasteiger charge is -2.23. The van der Waals surface area contributed by atoms with Gasteiger partial charge < -0.3 is 5.32 Å². The molecule has 1 fully saturated rings. The molecule has 1 amide bonds. The maximum absolute atomic E-state index is 12.2. The first-order valence-electron chi connectivity index (χ1n) is 7.11. The van der Waals surface area contributed by atoms with E-state index in [2.05, 4.69) is 5.32 Å². The predicted molar refractivity (Wildman–Crippen MR) is 79.9 cm³/mol. The number of halogens is 1. The average molecular weight is 305 g/mol. The Morgan fingerprint density at radius 3 is 2.38 bits per heavy atom. The van der Waals surface area contributed by atoms with E-state index < -0.39 is 17.6 Å². The standard InChI is InChI=1S/C16H17ClN2O2/c17-12-8-6-11(7-9-12)15(20)14(10-18)16(21)19-13-4-2-1-3-5-13/h6-9,13-14H,1-5H2,(H,19,21). The fourth-order valence-electron chi connectivity index (χ4n) is 2.55. The second-order valence-electron chi connectivity index (χ2n) is 5.28. The minimum absolute atomic E-state index is 0.0834. The third kappa shape index (κ3) is 4.05. The van der Waals surface area contributed by atoms with Crippen molar-refractivity contribution in [1.82, 2.24) is 5.32 Å². The first-order chi connectivity index (χ1) is 10.1. The molecule has 1 saturated carbocycles. The lowest BCUT2D eigenvalue weighted by atomic mass is 9.93. The molecule has 21 heavy (non-hydrogen) atoms. The Bertz CT molecular complexity index is 557. The summed E-state index contributed by atoms with van der Waals surface area (Å²) < 4.78 is 0. The molecular weight excluding hydrogens is 288 g/mol. The summed E-state index contributed by atoms with van der Waals surface area (Å²) in [5.74, 6) is -2.28. The number of carbonyl (C=O) groups is 2. The van der Waals surface area contributed by atoms with Gasteiger partial charge in [0.1, 0.15) is 0 Å². The van der Waals surface area contributed by atoms with Crippen LogP contribution in [0.4, 0.5) is 0 Å². The minimum Gasteiger partial charge on any atom is -0.352 e. The zero-order valence-corrected chi connectivity index (χ0v) is 12.4. The van der Waals surface area contributed by atoms with Crippen LogP contribution >= 0.6 is 11.6 Å². The summed E-state index contributed by atoms with van der Waals surface area (Å²) in [6, 6.07) is 8.10. The normalized spacial score (nSPS) is 16.8. The number of amides is 1. The third-order valence-corrected chi connectivity index (χ3v) is 3.99. The van der Waals surface area contributed by atoms with E-state index in [4.69, 9.17) is 16.9 Å². The molecule has 1 aromatic carbocycles. The first kappa shape index (κ1) is 15.5. The van der Waals surface area contributed by atoms with Crippen molar-refractivity contribution in [3.05, 3.63) is 34.9 Å². The smallest absolute Gasteiger partial charge is 0.245 e. The number of rotatable bonds is 4. The number of nitrogens with one attached hydrogen (secondary N) is 1. The summed E-state index contributed by atoms with van der Waals surface area (Å²) in [7, 11) is 0. The van der Waals surface area contributed by atoms with Crippen molar-refractivity contribution in [2.45, 2.75) is 38.1 Å². The van der Waals surface area contributed by atoms with Gasteiger partial charge in [-0.1, -0.05) is 30.9 Å². The highest BCUT2D eigenvalue weighted by molar-refractivity contribution is 6.30. The van der Waals surface area contributed by atoms with Gasteiger partial charge in [-0.25, -0.2) is 0 Å². The quantitative estimate of drug-likeness (QED) is 0.686. The van der Waals surface area contributed by atoms with Crippen LogP contribution in [0.15, 0.2) is 24.3 Å². The fourth-order valence-corrected chi connectivity index (χ4v) is 2.67. The van der Waals surface area contributed by atoms with Crippen molar-refractivity contribution in [3.8, 4) is 6.07 Å². The Kier molecular flexibility index (Phi) is 5.35. The van der Waals surface area contributed by atoms with Crippen LogP contribution in [0.1, 0.15) is 42.5 Å². The predicted octanol–water partition coefficient (Wildman–Crippen LogP) is 3.11. The number of ketones is 1. The zero-order chi connectivity index (χ0) is 15.2. The molecule has 2 rings (SSSR count). The number of hydrogen-bond donors (Lipinski definition) is 1. The van der Waals surface area contributed by atoms with E-state index in [-0.39, 0.29) is 6.04 Å². The number of carbonyl (C=O) groups excluding carboxylic acids is 2. The van der Waals surface area contributed by atoms with Gasteiger partial charge in [-0.3, -0.25) is 9.59 Å². The van der Waals surface area contributed by atoms with Gasteiger partial charge in [0.2, 0.25) is 5.91 Å². The number of benzene rings is 1. The summed E-state index contributed by atoms with van der Waals surface area (Å²) >= 11 is 5.77. The van der Waals surface area contributed by atoms with E-state index in [1.165, 1.54) is 18.6 Å². The van der Waals surface area contributed by atoms with Gasteiger partial charge in [-0.15, -0.1) is 0 Å². The number of Topliss-reactive ketones (excluding diaryl/α,β-unsaturated/α-hetero) is 1. The monoisotopic (exact) mass is 304 g/mol. The van der Waals surface area contributed by atoms with Crippen LogP contribution in [-0.2, 0) is 4.79 Å². The molecule has 1 aliphatic carbocycles. The van der Waals surface area contributed by atoms with Gasteiger partial charge in [-0.05, 0) is 37.1 Å². The molecule has 4 nitrogen and oxygen atoms in total. The van der Waals surface area contributed by atoms with Crippen molar-refractivity contribution < 1.29 is 9.59 Å². The molecule has 5 heteroatoms. The van der Waals surface area contributed by atoms with E-state index in [9.17, 15) is 9.59 Å². The van der Waals surface area contributed by atoms with Crippen molar-refractivity contribution in [2.75, 3.05) is 0 Å². The Morgan fingerprint density at radius 1 is 1.19 bits per heavy atom. The Balaban J connectivity index is 2.04. The van der Waals surface area contributed by atoms with Gasteiger partial charge in [0, 0.05) is 16.6 Å². The van der Waals surface area contributed by atoms with Crippen LogP contribution in [-0.4, -0.2) is 17.7 Å². The summed E-state index contributed by atoms with van der Waals surface area (Å²) in [6.45, 7) is 0. The van der Waals surface area contributed by atoms with Gasteiger partial charge in [0.05, 0.1) is 6.07 Å². The van der Waals surface area contributed by atoms with Gasteiger partial charge in [0.15, 0.2) is 11.7 Å². The summed E-state index contributed by atoms with van der Waals surface area (Å²) in [5, 5.41) is 12.5. The number of nitrogens with zero attached hydrogens (tertiary/aromatic N) is 1. The first-order valence-corrected chi connectivity index (χ1v) is 7.49. The second-order valence-corrected chi connectivity index (χ2v) is 5.71. The molecule has 1 atom stereocenters.